The van der Waals surface area contributed by atoms with Gasteiger partial charge in [-0.05, 0) is 32.6 Å². The van der Waals surface area contributed by atoms with E-state index in [0.29, 0.717) is 5.92 Å². The molecule has 1 saturated carbocycles. The van der Waals surface area contributed by atoms with E-state index >= 15 is 0 Å². The van der Waals surface area contributed by atoms with Gasteiger partial charge in [-0.15, -0.1) is 0 Å². The van der Waals surface area contributed by atoms with E-state index < -0.39 is 5.60 Å². The SMILES string of the molecule is Cc1ncc(N2CC(O)(C3CC3)C2)nc1C. The van der Waals surface area contributed by atoms with Gasteiger partial charge in [0.15, 0.2) is 0 Å². The molecule has 4 heteroatoms. The Hall–Kier alpha value is -1.16. The Bertz CT molecular complexity index is 422. The van der Waals surface area contributed by atoms with Crippen LogP contribution in [0.4, 0.5) is 5.82 Å². The van der Waals surface area contributed by atoms with Crippen LogP contribution in [-0.2, 0) is 0 Å². The normalized spacial score (nSPS) is 23.1. The average Bonchev–Trinajstić information content (AvgIpc) is 3.01. The van der Waals surface area contributed by atoms with Crippen LogP contribution in [0.3, 0.4) is 0 Å². The topological polar surface area (TPSA) is 49.2 Å². The van der Waals surface area contributed by atoms with Gasteiger partial charge in [-0.3, -0.25) is 4.98 Å². The summed E-state index contributed by atoms with van der Waals surface area (Å²) < 4.78 is 0. The number of hydrogen-bond donors (Lipinski definition) is 1. The molecule has 86 valence electrons. The Morgan fingerprint density at radius 2 is 2.00 bits per heavy atom. The van der Waals surface area contributed by atoms with Crippen molar-refractivity contribution in [2.75, 3.05) is 18.0 Å². The van der Waals surface area contributed by atoms with Crippen LogP contribution < -0.4 is 4.90 Å². The van der Waals surface area contributed by atoms with Crippen molar-refractivity contribution in [2.24, 2.45) is 5.92 Å². The molecule has 0 radical (unpaired) electrons. The summed E-state index contributed by atoms with van der Waals surface area (Å²) in [6, 6.07) is 0. The van der Waals surface area contributed by atoms with Gasteiger partial charge in [0.2, 0.25) is 0 Å². The van der Waals surface area contributed by atoms with Crippen molar-refractivity contribution in [1.82, 2.24) is 9.97 Å². The highest BCUT2D eigenvalue weighted by Gasteiger charge is 2.52. The molecule has 1 aliphatic heterocycles. The van der Waals surface area contributed by atoms with Gasteiger partial charge in [0.25, 0.3) is 0 Å². The monoisotopic (exact) mass is 219 g/mol. The molecule has 0 atom stereocenters. The van der Waals surface area contributed by atoms with Crippen molar-refractivity contribution in [1.29, 1.82) is 0 Å². The van der Waals surface area contributed by atoms with E-state index in [2.05, 4.69) is 14.9 Å². The first-order chi connectivity index (χ1) is 7.58. The predicted octanol–water partition coefficient (Wildman–Crippen LogP) is 1.05. The molecule has 1 aliphatic carbocycles. The maximum atomic E-state index is 10.2. The first-order valence-electron chi connectivity index (χ1n) is 5.86. The Kier molecular flexibility index (Phi) is 1.98. The molecular weight excluding hydrogens is 202 g/mol. The molecule has 1 aromatic rings. The third-order valence-electron chi connectivity index (χ3n) is 3.77. The van der Waals surface area contributed by atoms with Crippen molar-refractivity contribution in [3.63, 3.8) is 0 Å². The molecule has 1 saturated heterocycles. The fourth-order valence-corrected chi connectivity index (χ4v) is 2.34. The lowest BCUT2D eigenvalue weighted by Crippen LogP contribution is -2.63. The van der Waals surface area contributed by atoms with Crippen LogP contribution in [-0.4, -0.2) is 33.8 Å². The largest absolute Gasteiger partial charge is 0.386 e. The van der Waals surface area contributed by atoms with Crippen LogP contribution in [0.2, 0.25) is 0 Å². The number of β-amino-alcohol motifs (C(OH)–C–C–N with tert-alkyl or cyclic N) is 1. The molecule has 0 amide bonds. The summed E-state index contributed by atoms with van der Waals surface area (Å²) in [5.74, 6) is 1.43. The first-order valence-corrected chi connectivity index (χ1v) is 5.86. The molecular formula is C12H17N3O. The molecule has 0 spiro atoms. The van der Waals surface area contributed by atoms with Crippen molar-refractivity contribution in [3.05, 3.63) is 17.6 Å². The number of rotatable bonds is 2. The molecule has 1 N–H and O–H groups in total. The van der Waals surface area contributed by atoms with Crippen molar-refractivity contribution in [2.45, 2.75) is 32.3 Å². The number of hydrogen-bond acceptors (Lipinski definition) is 4. The molecule has 1 aromatic heterocycles. The van der Waals surface area contributed by atoms with Crippen LogP contribution in [0.15, 0.2) is 6.20 Å². The van der Waals surface area contributed by atoms with Gasteiger partial charge in [-0.25, -0.2) is 4.98 Å². The van der Waals surface area contributed by atoms with Crippen molar-refractivity contribution < 1.29 is 5.11 Å². The fourth-order valence-electron chi connectivity index (χ4n) is 2.34. The molecule has 4 nitrogen and oxygen atoms in total. The van der Waals surface area contributed by atoms with Gasteiger partial charge < -0.3 is 10.0 Å². The van der Waals surface area contributed by atoms with E-state index in [4.69, 9.17) is 0 Å². The van der Waals surface area contributed by atoms with Crippen LogP contribution in [0.5, 0.6) is 0 Å². The Labute approximate surface area is 95.3 Å². The number of anilines is 1. The van der Waals surface area contributed by atoms with Gasteiger partial charge in [0, 0.05) is 0 Å². The second kappa shape index (κ2) is 3.17. The summed E-state index contributed by atoms with van der Waals surface area (Å²) in [6.07, 6.45) is 4.17. The van der Waals surface area contributed by atoms with E-state index in [9.17, 15) is 5.11 Å². The smallest absolute Gasteiger partial charge is 0.147 e. The minimum Gasteiger partial charge on any atom is -0.386 e. The zero-order valence-electron chi connectivity index (χ0n) is 9.77. The minimum atomic E-state index is -0.444. The third-order valence-corrected chi connectivity index (χ3v) is 3.77. The van der Waals surface area contributed by atoms with E-state index in [1.807, 2.05) is 13.8 Å². The number of aryl methyl sites for hydroxylation is 2. The molecule has 2 fully saturated rings. The van der Waals surface area contributed by atoms with E-state index in [1.165, 1.54) is 12.8 Å². The summed E-state index contributed by atoms with van der Waals surface area (Å²) in [5, 5.41) is 10.2. The maximum absolute atomic E-state index is 10.2. The van der Waals surface area contributed by atoms with E-state index in [-0.39, 0.29) is 0 Å². The second-order valence-corrected chi connectivity index (χ2v) is 5.13. The van der Waals surface area contributed by atoms with Crippen molar-refractivity contribution >= 4 is 5.82 Å². The van der Waals surface area contributed by atoms with Gasteiger partial charge in [-0.2, -0.15) is 0 Å². The lowest BCUT2D eigenvalue weighted by atomic mass is 9.89. The average molecular weight is 219 g/mol. The van der Waals surface area contributed by atoms with Crippen LogP contribution in [0, 0.1) is 19.8 Å². The van der Waals surface area contributed by atoms with Crippen LogP contribution >= 0.6 is 0 Å². The Morgan fingerprint density at radius 1 is 1.31 bits per heavy atom. The predicted molar refractivity (Wildman–Crippen MR) is 61.4 cm³/mol. The molecule has 16 heavy (non-hydrogen) atoms. The highest BCUT2D eigenvalue weighted by Crippen LogP contribution is 2.45. The lowest BCUT2D eigenvalue weighted by Gasteiger charge is -2.47. The zero-order valence-corrected chi connectivity index (χ0v) is 9.77. The lowest BCUT2D eigenvalue weighted by molar-refractivity contribution is -0.00979. The molecule has 0 aromatic carbocycles. The number of aliphatic hydroxyl groups is 1. The fraction of sp³-hybridized carbons (Fsp3) is 0.667. The summed E-state index contributed by atoms with van der Waals surface area (Å²) in [5.41, 5.74) is 1.50. The third kappa shape index (κ3) is 1.48. The maximum Gasteiger partial charge on any atom is 0.147 e. The quantitative estimate of drug-likeness (QED) is 0.808. The molecule has 2 heterocycles. The Morgan fingerprint density at radius 3 is 2.56 bits per heavy atom. The van der Waals surface area contributed by atoms with Gasteiger partial charge in [-0.1, -0.05) is 0 Å². The zero-order chi connectivity index (χ0) is 11.3. The first kappa shape index (κ1) is 10.0. The minimum absolute atomic E-state index is 0.444. The highest BCUT2D eigenvalue weighted by molar-refractivity contribution is 5.43. The van der Waals surface area contributed by atoms with Gasteiger partial charge >= 0.3 is 0 Å². The van der Waals surface area contributed by atoms with Crippen LogP contribution in [0.25, 0.3) is 0 Å². The van der Waals surface area contributed by atoms with E-state index in [0.717, 1.165) is 30.3 Å². The molecule has 0 unspecified atom stereocenters. The number of aromatic nitrogens is 2. The van der Waals surface area contributed by atoms with Crippen LogP contribution in [0.1, 0.15) is 24.2 Å². The standard InChI is InChI=1S/C12H17N3O/c1-8-9(2)14-11(5-13-8)15-6-12(16,7-15)10-3-4-10/h5,10,16H,3-4,6-7H2,1-2H3. The second-order valence-electron chi connectivity index (χ2n) is 5.13. The molecule has 2 aliphatic rings. The van der Waals surface area contributed by atoms with Gasteiger partial charge in [0.05, 0.1) is 30.7 Å². The highest BCUT2D eigenvalue weighted by atomic mass is 16.3. The summed E-state index contributed by atoms with van der Waals surface area (Å²) in [4.78, 5) is 10.9. The summed E-state index contributed by atoms with van der Waals surface area (Å²) >= 11 is 0. The Balaban J connectivity index is 1.73. The van der Waals surface area contributed by atoms with Gasteiger partial charge in [0.1, 0.15) is 11.4 Å². The van der Waals surface area contributed by atoms with E-state index in [1.54, 1.807) is 6.20 Å². The molecule has 0 bridgehead atoms. The summed E-state index contributed by atoms with van der Waals surface area (Å²) in [6.45, 7) is 5.37. The number of nitrogens with zero attached hydrogens (tertiary/aromatic N) is 3. The summed E-state index contributed by atoms with van der Waals surface area (Å²) in [7, 11) is 0. The van der Waals surface area contributed by atoms with Crippen molar-refractivity contribution in [3.8, 4) is 0 Å². The molecule has 3 rings (SSSR count).